The van der Waals surface area contributed by atoms with Gasteiger partial charge >= 0.3 is 0 Å². The first-order valence-corrected chi connectivity index (χ1v) is 14.8. The minimum atomic E-state index is -0.0286. The number of allylic oxidation sites excluding steroid dienone is 9. The molecule has 4 rings (SSSR count). The van der Waals surface area contributed by atoms with Crippen LogP contribution in [0, 0.1) is 6.92 Å². The number of nitrogens with two attached hydrogens (primary N) is 1. The predicted octanol–water partition coefficient (Wildman–Crippen LogP) is 8.96. The fourth-order valence-corrected chi connectivity index (χ4v) is 6.31. The van der Waals surface area contributed by atoms with E-state index < -0.39 is 0 Å². The molecule has 0 spiro atoms. The van der Waals surface area contributed by atoms with E-state index in [2.05, 4.69) is 162 Å². The van der Waals surface area contributed by atoms with Crippen LogP contribution >= 0.6 is 0 Å². The highest BCUT2D eigenvalue weighted by Crippen LogP contribution is 2.48. The van der Waals surface area contributed by atoms with Gasteiger partial charge in [0.1, 0.15) is 5.69 Å². The van der Waals surface area contributed by atoms with E-state index in [-0.39, 0.29) is 10.8 Å². The first kappa shape index (κ1) is 29.4. The SMILES string of the molecule is C=CCC(C)(C/C=C/C=C/C=C/C=C1/N(CCC)c2ccc(C)cc2C1(C)C)c1c([NH2+]C)ccc2ccccc12. The summed E-state index contributed by atoms with van der Waals surface area (Å²) in [6.45, 7) is 16.6. The third-order valence-corrected chi connectivity index (χ3v) is 8.37. The standard InChI is InChI=1S/C38H46N2/c1-8-25-38(6,36-31-19-16-15-18-30(31)22-23-33(36)39-7)26-17-13-11-10-12-14-20-35-37(4,5)32-28-29(3)21-24-34(32)40(35)27-9-2/h8,10-24,28,39H,1,9,25-27H2,2-7H3/p+1/b11-10+,14-12+,17-13+,35-20+. The van der Waals surface area contributed by atoms with Gasteiger partial charge in [-0.05, 0) is 66.8 Å². The highest BCUT2D eigenvalue weighted by molar-refractivity contribution is 5.90. The average molecular weight is 532 g/mol. The van der Waals surface area contributed by atoms with Crippen LogP contribution in [0.3, 0.4) is 0 Å². The molecule has 2 nitrogen and oxygen atoms in total. The molecule has 0 aliphatic carbocycles. The molecule has 0 aromatic heterocycles. The minimum Gasteiger partial charge on any atom is -0.344 e. The Balaban J connectivity index is 1.50. The molecule has 3 aromatic carbocycles. The number of hydrogen-bond donors (Lipinski definition) is 1. The van der Waals surface area contributed by atoms with Gasteiger partial charge in [0.05, 0.1) is 7.05 Å². The number of hydrogen-bond acceptors (Lipinski definition) is 1. The molecule has 2 heteroatoms. The first-order chi connectivity index (χ1) is 19.3. The molecular weight excluding hydrogens is 484 g/mol. The number of anilines is 1. The third-order valence-electron chi connectivity index (χ3n) is 8.37. The number of nitrogens with zero attached hydrogens (tertiary/aromatic N) is 1. The Labute approximate surface area is 242 Å². The molecule has 1 atom stereocenters. The monoisotopic (exact) mass is 531 g/mol. The van der Waals surface area contributed by atoms with Crippen LogP contribution in [-0.2, 0) is 10.8 Å². The molecule has 1 unspecified atom stereocenters. The Kier molecular flexibility index (Phi) is 9.32. The number of benzene rings is 3. The van der Waals surface area contributed by atoms with Crippen LogP contribution in [0.25, 0.3) is 10.8 Å². The van der Waals surface area contributed by atoms with Crippen LogP contribution in [0.2, 0.25) is 0 Å². The second-order valence-corrected chi connectivity index (χ2v) is 11.8. The van der Waals surface area contributed by atoms with E-state index in [4.69, 9.17) is 0 Å². The zero-order valence-corrected chi connectivity index (χ0v) is 25.4. The van der Waals surface area contributed by atoms with Crippen LogP contribution in [0.4, 0.5) is 11.4 Å². The van der Waals surface area contributed by atoms with Gasteiger partial charge < -0.3 is 10.2 Å². The average Bonchev–Trinajstić information content (AvgIpc) is 3.14. The third kappa shape index (κ3) is 5.93. The van der Waals surface area contributed by atoms with E-state index in [0.29, 0.717) is 0 Å². The summed E-state index contributed by atoms with van der Waals surface area (Å²) in [5, 5.41) is 4.87. The maximum absolute atomic E-state index is 4.10. The molecule has 0 bridgehead atoms. The van der Waals surface area contributed by atoms with Gasteiger partial charge in [-0.1, -0.05) is 112 Å². The van der Waals surface area contributed by atoms with Gasteiger partial charge in [0.25, 0.3) is 0 Å². The summed E-state index contributed by atoms with van der Waals surface area (Å²) in [6.07, 6.45) is 20.4. The number of aryl methyl sites for hydroxylation is 1. The summed E-state index contributed by atoms with van der Waals surface area (Å²) in [5.41, 5.74) is 8.17. The van der Waals surface area contributed by atoms with Crippen molar-refractivity contribution in [1.29, 1.82) is 0 Å². The predicted molar refractivity (Wildman–Crippen MR) is 176 cm³/mol. The number of rotatable bonds is 11. The lowest BCUT2D eigenvalue weighted by Crippen LogP contribution is -2.73. The van der Waals surface area contributed by atoms with Crippen molar-refractivity contribution in [3.8, 4) is 0 Å². The molecule has 0 radical (unpaired) electrons. The van der Waals surface area contributed by atoms with Crippen molar-refractivity contribution in [3.63, 3.8) is 0 Å². The largest absolute Gasteiger partial charge is 0.344 e. The summed E-state index contributed by atoms with van der Waals surface area (Å²) < 4.78 is 0. The quantitative estimate of drug-likeness (QED) is 0.149. The summed E-state index contributed by atoms with van der Waals surface area (Å²) in [6, 6.07) is 20.1. The van der Waals surface area contributed by atoms with Gasteiger partial charge in [-0.3, -0.25) is 0 Å². The summed E-state index contributed by atoms with van der Waals surface area (Å²) in [7, 11) is 2.13. The second kappa shape index (κ2) is 12.7. The van der Waals surface area contributed by atoms with Crippen molar-refractivity contribution < 1.29 is 5.32 Å². The number of fused-ring (bicyclic) bond motifs is 2. The second-order valence-electron chi connectivity index (χ2n) is 11.8. The zero-order valence-electron chi connectivity index (χ0n) is 25.4. The highest BCUT2D eigenvalue weighted by Gasteiger charge is 2.39. The van der Waals surface area contributed by atoms with Crippen LogP contribution in [-0.4, -0.2) is 13.6 Å². The van der Waals surface area contributed by atoms with Crippen molar-refractivity contribution in [1.82, 2.24) is 0 Å². The van der Waals surface area contributed by atoms with Crippen molar-refractivity contribution in [2.24, 2.45) is 0 Å². The van der Waals surface area contributed by atoms with Crippen molar-refractivity contribution in [2.45, 2.75) is 64.7 Å². The van der Waals surface area contributed by atoms with Crippen molar-refractivity contribution in [2.75, 3.05) is 18.5 Å². The molecule has 40 heavy (non-hydrogen) atoms. The highest BCUT2D eigenvalue weighted by atomic mass is 15.2. The maximum Gasteiger partial charge on any atom is 0.133 e. The smallest absolute Gasteiger partial charge is 0.133 e. The lowest BCUT2D eigenvalue weighted by atomic mass is 9.74. The molecule has 1 heterocycles. The Hall–Kier alpha value is -3.62. The molecule has 208 valence electrons. The van der Waals surface area contributed by atoms with Gasteiger partial charge in [-0.25, -0.2) is 0 Å². The molecule has 1 aliphatic heterocycles. The summed E-state index contributed by atoms with van der Waals surface area (Å²) >= 11 is 0. The summed E-state index contributed by atoms with van der Waals surface area (Å²) in [5.74, 6) is 0. The van der Waals surface area contributed by atoms with Crippen molar-refractivity contribution >= 4 is 22.1 Å². The Bertz CT molecular complexity index is 1470. The molecule has 0 amide bonds. The normalized spacial score (nSPS) is 17.4. The maximum atomic E-state index is 4.10. The van der Waals surface area contributed by atoms with E-state index in [1.807, 2.05) is 0 Å². The van der Waals surface area contributed by atoms with Gasteiger partial charge in [-0.2, -0.15) is 0 Å². The van der Waals surface area contributed by atoms with E-state index in [9.17, 15) is 0 Å². The Morgan fingerprint density at radius 1 is 0.950 bits per heavy atom. The molecule has 2 N–H and O–H groups in total. The van der Waals surface area contributed by atoms with Gasteiger partial charge in [0, 0.05) is 34.3 Å². The van der Waals surface area contributed by atoms with E-state index in [1.165, 1.54) is 44.5 Å². The lowest BCUT2D eigenvalue weighted by Gasteiger charge is -2.30. The molecule has 3 aromatic rings. The summed E-state index contributed by atoms with van der Waals surface area (Å²) in [4.78, 5) is 2.50. The fourth-order valence-electron chi connectivity index (χ4n) is 6.31. The minimum absolute atomic E-state index is 0.00350. The van der Waals surface area contributed by atoms with Gasteiger partial charge in [0.15, 0.2) is 0 Å². The van der Waals surface area contributed by atoms with Crippen LogP contribution in [0.1, 0.15) is 63.6 Å². The van der Waals surface area contributed by atoms with E-state index >= 15 is 0 Å². The Morgan fingerprint density at radius 2 is 1.70 bits per heavy atom. The molecule has 0 saturated heterocycles. The fraction of sp³-hybridized carbons (Fsp3) is 0.316. The van der Waals surface area contributed by atoms with E-state index in [1.54, 1.807) is 0 Å². The van der Waals surface area contributed by atoms with E-state index in [0.717, 1.165) is 25.8 Å². The zero-order chi connectivity index (χ0) is 28.8. The first-order valence-electron chi connectivity index (χ1n) is 14.8. The molecule has 0 fully saturated rings. The number of quaternary nitrogens is 1. The topological polar surface area (TPSA) is 19.9 Å². The van der Waals surface area contributed by atoms with Gasteiger partial charge in [0.2, 0.25) is 0 Å². The van der Waals surface area contributed by atoms with Crippen LogP contribution < -0.4 is 10.2 Å². The Morgan fingerprint density at radius 3 is 2.45 bits per heavy atom. The van der Waals surface area contributed by atoms with Crippen LogP contribution in [0.5, 0.6) is 0 Å². The lowest BCUT2D eigenvalue weighted by molar-refractivity contribution is -0.540. The van der Waals surface area contributed by atoms with Crippen LogP contribution in [0.15, 0.2) is 115 Å². The molecule has 1 aliphatic rings. The van der Waals surface area contributed by atoms with Gasteiger partial charge in [-0.15, -0.1) is 6.58 Å². The molecular formula is C38H47N2+. The van der Waals surface area contributed by atoms with Crippen molar-refractivity contribution in [3.05, 3.63) is 132 Å². The molecule has 0 saturated carbocycles.